The van der Waals surface area contributed by atoms with Gasteiger partial charge in [-0.1, -0.05) is 231 Å². The molecule has 0 aliphatic heterocycles. The van der Waals surface area contributed by atoms with E-state index in [1.165, 1.54) is 92.8 Å². The van der Waals surface area contributed by atoms with E-state index in [0.29, 0.717) is 17.5 Å². The van der Waals surface area contributed by atoms with Crippen LogP contribution in [0.25, 0.3) is 143 Å². The lowest BCUT2D eigenvalue weighted by atomic mass is 9.98. The van der Waals surface area contributed by atoms with Crippen molar-refractivity contribution in [2.45, 2.75) is 6.42 Å². The van der Waals surface area contributed by atoms with Crippen molar-refractivity contribution in [3.63, 3.8) is 0 Å². The maximum Gasteiger partial charge on any atom is 0.164 e. The normalized spacial score (nSPS) is 12.0. The summed E-state index contributed by atoms with van der Waals surface area (Å²) in [5.41, 5.74) is 15.6. The third kappa shape index (κ3) is 7.21. The quantitative estimate of drug-likeness (QED) is 0.173. The van der Waals surface area contributed by atoms with Gasteiger partial charge in [0.05, 0.1) is 33.4 Å². The number of fused-ring (bicyclic) bond motifs is 15. The maximum absolute atomic E-state index is 5.13. The molecule has 0 bridgehead atoms. The molecular weight excluding hydrogens is 959 g/mol. The summed E-state index contributed by atoms with van der Waals surface area (Å²) in [5.74, 6) is 1.93. The fraction of sp³-hybridized carbons (Fsp3) is 0.0135. The van der Waals surface area contributed by atoms with Gasteiger partial charge in [-0.3, -0.25) is 0 Å². The Labute approximate surface area is 455 Å². The molecule has 3 aromatic heterocycles. The van der Waals surface area contributed by atoms with Gasteiger partial charge < -0.3 is 9.13 Å². The Kier molecular flexibility index (Phi) is 10.2. The summed E-state index contributed by atoms with van der Waals surface area (Å²) >= 11 is 0. The highest BCUT2D eigenvalue weighted by molar-refractivity contribution is 6.22. The average molecular weight is 1010 g/mol. The highest BCUT2D eigenvalue weighted by Crippen LogP contribution is 2.44. The maximum atomic E-state index is 5.13. The molecule has 5 heteroatoms. The van der Waals surface area contributed by atoms with E-state index >= 15 is 0 Å². The zero-order valence-corrected chi connectivity index (χ0v) is 42.9. The minimum Gasteiger partial charge on any atom is -0.309 e. The summed E-state index contributed by atoms with van der Waals surface area (Å²) in [6.45, 7) is 0. The molecule has 0 fully saturated rings. The van der Waals surface area contributed by atoms with Crippen LogP contribution in [0.1, 0.15) is 11.1 Å². The van der Waals surface area contributed by atoms with Crippen LogP contribution < -0.4 is 0 Å². The van der Waals surface area contributed by atoms with Crippen LogP contribution in [0.5, 0.6) is 0 Å². The van der Waals surface area contributed by atoms with Crippen molar-refractivity contribution in [3.05, 3.63) is 284 Å². The molecule has 17 rings (SSSR count). The van der Waals surface area contributed by atoms with Crippen molar-refractivity contribution in [1.82, 2.24) is 24.1 Å². The van der Waals surface area contributed by atoms with Gasteiger partial charge in [0.15, 0.2) is 17.5 Å². The van der Waals surface area contributed by atoms with Crippen molar-refractivity contribution in [1.29, 1.82) is 0 Å². The molecular formula is C74H47N5. The molecule has 0 saturated carbocycles. The van der Waals surface area contributed by atoms with Gasteiger partial charge >= 0.3 is 0 Å². The molecule has 0 atom stereocenters. The lowest BCUT2D eigenvalue weighted by Crippen LogP contribution is -2.01. The Balaban J connectivity index is 0.000000259. The number of hydrogen-bond donors (Lipinski definition) is 0. The van der Waals surface area contributed by atoms with Crippen LogP contribution in [-0.4, -0.2) is 24.1 Å². The molecule has 0 N–H and O–H groups in total. The molecule has 3 heterocycles. The zero-order chi connectivity index (χ0) is 52.0. The first-order chi connectivity index (χ1) is 39.2. The fourth-order valence-corrected chi connectivity index (χ4v) is 12.7. The molecule has 0 saturated heterocycles. The van der Waals surface area contributed by atoms with Crippen molar-refractivity contribution in [2.24, 2.45) is 0 Å². The molecule has 1 aliphatic rings. The van der Waals surface area contributed by atoms with Crippen LogP contribution in [0.15, 0.2) is 273 Å². The minimum absolute atomic E-state index is 0.638. The Bertz CT molecular complexity index is 5050. The molecule has 0 radical (unpaired) electrons. The van der Waals surface area contributed by atoms with Crippen LogP contribution >= 0.6 is 0 Å². The third-order valence-corrected chi connectivity index (χ3v) is 16.2. The van der Waals surface area contributed by atoms with Crippen molar-refractivity contribution in [3.8, 4) is 56.7 Å². The molecule has 0 amide bonds. The highest BCUT2D eigenvalue weighted by atomic mass is 15.0. The van der Waals surface area contributed by atoms with Gasteiger partial charge in [0.1, 0.15) is 0 Å². The second-order valence-electron chi connectivity index (χ2n) is 20.6. The summed E-state index contributed by atoms with van der Waals surface area (Å²) in [7, 11) is 0. The van der Waals surface area contributed by atoms with E-state index in [1.807, 2.05) is 36.4 Å². The van der Waals surface area contributed by atoms with E-state index in [4.69, 9.17) is 15.0 Å². The standard InChI is InChI=1S/C57H35N5.C17H12/c1-3-17-37(18-4-1)55-58-56(38-19-5-2-6-20-38)60-57(59-55)44-27-14-26-42-41(44)25-15-31-49(42)62-48-28-11-9-23-43(48)47-35-46-39(34-53(47)62)21-13-30-51(46)61-50-29-12-10-24-45(50)54-40-22-8-7-16-36(40)32-33-52(54)61;1-3-7-15-12(5-1)9-10-14-11-13-6-2-4-8-16(13)17(14)15/h1-35H;1-10H,11H2. The zero-order valence-electron chi connectivity index (χ0n) is 42.9. The number of para-hydroxylation sites is 2. The Hall–Kier alpha value is -10.5. The minimum atomic E-state index is 0.638. The van der Waals surface area contributed by atoms with E-state index in [-0.39, 0.29) is 0 Å². The number of aromatic nitrogens is 5. The SMILES string of the molecule is c1ccc(-c2nc(-c3ccccc3)nc(-c3cccc4c(-n5c6ccccc6c6cc7c(-n8c9ccccc9c9c%10ccccc%10ccc98)cccc7cc65)cccc34)n2)cc1.c1ccc2c(c1)Cc1ccc3ccccc3c1-2. The first-order valence-electron chi connectivity index (χ1n) is 27.1. The van der Waals surface area contributed by atoms with Crippen LogP contribution in [0.4, 0.5) is 0 Å². The van der Waals surface area contributed by atoms with Crippen LogP contribution in [0.3, 0.4) is 0 Å². The van der Waals surface area contributed by atoms with Gasteiger partial charge in [-0.25, -0.2) is 15.0 Å². The van der Waals surface area contributed by atoms with Crippen LogP contribution in [0, 0.1) is 0 Å². The molecule has 0 unspecified atom stereocenters. The van der Waals surface area contributed by atoms with Crippen molar-refractivity contribution < 1.29 is 0 Å². The number of benzene rings is 13. The number of rotatable bonds is 5. The van der Waals surface area contributed by atoms with E-state index in [2.05, 4.69) is 246 Å². The highest BCUT2D eigenvalue weighted by Gasteiger charge is 2.22. The third-order valence-electron chi connectivity index (χ3n) is 16.2. The van der Waals surface area contributed by atoms with Gasteiger partial charge in [-0.15, -0.1) is 0 Å². The monoisotopic (exact) mass is 1010 g/mol. The summed E-state index contributed by atoms with van der Waals surface area (Å²) < 4.78 is 4.90. The first-order valence-corrected chi connectivity index (χ1v) is 27.1. The van der Waals surface area contributed by atoms with Gasteiger partial charge in [-0.05, 0) is 103 Å². The van der Waals surface area contributed by atoms with Gasteiger partial charge in [0, 0.05) is 49.0 Å². The molecule has 79 heavy (non-hydrogen) atoms. The second kappa shape index (κ2) is 18.1. The summed E-state index contributed by atoms with van der Waals surface area (Å²) in [5, 5.41) is 14.8. The summed E-state index contributed by atoms with van der Waals surface area (Å²) in [4.78, 5) is 15.2. The topological polar surface area (TPSA) is 48.5 Å². The number of nitrogens with zero attached hydrogens (tertiary/aromatic N) is 5. The van der Waals surface area contributed by atoms with Crippen LogP contribution in [0.2, 0.25) is 0 Å². The summed E-state index contributed by atoms with van der Waals surface area (Å²) in [6.07, 6.45) is 1.08. The first kappa shape index (κ1) is 44.8. The molecule has 13 aromatic carbocycles. The Morgan fingerprint density at radius 1 is 0.266 bits per heavy atom. The van der Waals surface area contributed by atoms with Crippen molar-refractivity contribution in [2.75, 3.05) is 0 Å². The predicted octanol–water partition coefficient (Wildman–Crippen LogP) is 18.9. The molecule has 368 valence electrons. The van der Waals surface area contributed by atoms with Crippen LogP contribution in [-0.2, 0) is 6.42 Å². The van der Waals surface area contributed by atoms with Gasteiger partial charge in [0.25, 0.3) is 0 Å². The van der Waals surface area contributed by atoms with Crippen molar-refractivity contribution >= 4 is 86.7 Å². The fourth-order valence-electron chi connectivity index (χ4n) is 12.7. The van der Waals surface area contributed by atoms with Gasteiger partial charge in [0.2, 0.25) is 0 Å². The molecule has 0 spiro atoms. The summed E-state index contributed by atoms with van der Waals surface area (Å²) in [6, 6.07) is 97.7. The smallest absolute Gasteiger partial charge is 0.164 e. The van der Waals surface area contributed by atoms with E-state index in [0.717, 1.165) is 50.6 Å². The van der Waals surface area contributed by atoms with E-state index in [9.17, 15) is 0 Å². The predicted molar refractivity (Wildman–Crippen MR) is 330 cm³/mol. The van der Waals surface area contributed by atoms with Gasteiger partial charge in [-0.2, -0.15) is 0 Å². The molecule has 16 aromatic rings. The number of hydrogen-bond acceptors (Lipinski definition) is 3. The molecule has 5 nitrogen and oxygen atoms in total. The second-order valence-corrected chi connectivity index (χ2v) is 20.6. The lowest BCUT2D eigenvalue weighted by Gasteiger charge is -2.15. The molecule has 1 aliphatic carbocycles. The average Bonchev–Trinajstić information content (AvgIpc) is 4.27. The van der Waals surface area contributed by atoms with E-state index in [1.54, 1.807) is 0 Å². The Morgan fingerprint density at radius 3 is 1.56 bits per heavy atom. The van der Waals surface area contributed by atoms with E-state index < -0.39 is 0 Å². The Morgan fingerprint density at radius 2 is 0.785 bits per heavy atom. The lowest BCUT2D eigenvalue weighted by molar-refractivity contribution is 1.08. The largest absolute Gasteiger partial charge is 0.309 e.